The summed E-state index contributed by atoms with van der Waals surface area (Å²) in [5.41, 5.74) is 5.79. The molecule has 7 heteroatoms. The van der Waals surface area contributed by atoms with E-state index in [9.17, 15) is 13.2 Å². The van der Waals surface area contributed by atoms with Gasteiger partial charge in [0.15, 0.2) is 0 Å². The monoisotopic (exact) mass is 427 g/mol. The first-order chi connectivity index (χ1) is 14.5. The van der Waals surface area contributed by atoms with Gasteiger partial charge in [0.1, 0.15) is 0 Å². The first-order valence-corrected chi connectivity index (χ1v) is 12.3. The van der Waals surface area contributed by atoms with Crippen molar-refractivity contribution in [3.8, 4) is 11.8 Å². The average Bonchev–Trinajstić information content (AvgIpc) is 3.44. The molecule has 1 aliphatic heterocycles. The van der Waals surface area contributed by atoms with Crippen molar-refractivity contribution in [2.75, 3.05) is 18.4 Å². The number of carbonyl (C=O) groups excluding carboxylic acids is 1. The largest absolute Gasteiger partial charge is 0.333 e. The highest BCUT2D eigenvalue weighted by Gasteiger charge is 2.26. The second-order valence-electron chi connectivity index (χ2n) is 8.27. The van der Waals surface area contributed by atoms with Crippen LogP contribution in [0, 0.1) is 11.8 Å². The van der Waals surface area contributed by atoms with Gasteiger partial charge in [-0.2, -0.15) is 0 Å². The summed E-state index contributed by atoms with van der Waals surface area (Å²) in [6.07, 6.45) is 9.65. The molecular weight excluding hydrogens is 398 g/mol. The third-order valence-corrected chi connectivity index (χ3v) is 7.28. The van der Waals surface area contributed by atoms with Crippen LogP contribution < -0.4 is 10.0 Å². The Balaban J connectivity index is 1.44. The zero-order valence-corrected chi connectivity index (χ0v) is 18.3. The van der Waals surface area contributed by atoms with Gasteiger partial charge in [-0.3, -0.25) is 4.90 Å². The van der Waals surface area contributed by atoms with Crippen molar-refractivity contribution in [2.24, 2.45) is 0 Å². The molecule has 0 radical (unpaired) electrons. The zero-order chi connectivity index (χ0) is 21.1. The lowest BCUT2D eigenvalue weighted by Crippen LogP contribution is -2.34. The lowest BCUT2D eigenvalue weighted by atomic mass is 9.99. The second kappa shape index (κ2) is 8.83. The number of hydrogen-bond donors (Lipinski definition) is 2. The quantitative estimate of drug-likeness (QED) is 0.708. The zero-order valence-electron chi connectivity index (χ0n) is 17.5. The third-order valence-electron chi connectivity index (χ3n) is 6.30. The van der Waals surface area contributed by atoms with Crippen molar-refractivity contribution in [3.05, 3.63) is 39.8 Å². The summed E-state index contributed by atoms with van der Waals surface area (Å²) < 4.78 is 27.1. The Hall–Kier alpha value is -2.30. The van der Waals surface area contributed by atoms with E-state index in [1.165, 1.54) is 22.3 Å². The molecular formula is C23H29N3O3S. The molecule has 1 heterocycles. The molecule has 0 unspecified atom stereocenters. The fourth-order valence-corrected chi connectivity index (χ4v) is 5.68. The molecule has 1 atom stereocenters. The van der Waals surface area contributed by atoms with Gasteiger partial charge in [-0.25, -0.2) is 17.9 Å². The van der Waals surface area contributed by atoms with Crippen molar-refractivity contribution in [2.45, 2.75) is 64.3 Å². The van der Waals surface area contributed by atoms with Crippen molar-refractivity contribution in [1.29, 1.82) is 0 Å². The molecule has 0 aromatic heterocycles. The number of rotatable bonds is 5. The van der Waals surface area contributed by atoms with Crippen LogP contribution in [0.15, 0.2) is 17.6 Å². The number of benzene rings is 1. The summed E-state index contributed by atoms with van der Waals surface area (Å²) in [5, 5.41) is 3.99. The van der Waals surface area contributed by atoms with Crippen LogP contribution in [0.4, 0.5) is 10.5 Å². The lowest BCUT2D eigenvalue weighted by molar-refractivity contribution is 0.256. The van der Waals surface area contributed by atoms with Crippen LogP contribution in [-0.2, 0) is 35.7 Å². The number of aryl methyl sites for hydroxylation is 2. The molecule has 2 amide bonds. The number of sulfonamides is 1. The summed E-state index contributed by atoms with van der Waals surface area (Å²) in [5.74, 6) is 5.90. The van der Waals surface area contributed by atoms with E-state index in [1.807, 2.05) is 0 Å². The van der Waals surface area contributed by atoms with E-state index in [4.69, 9.17) is 0 Å². The maximum Gasteiger partial charge on any atom is 0.333 e. The predicted molar refractivity (Wildman–Crippen MR) is 119 cm³/mol. The van der Waals surface area contributed by atoms with E-state index < -0.39 is 16.1 Å². The minimum atomic E-state index is -3.87. The van der Waals surface area contributed by atoms with Crippen molar-refractivity contribution < 1.29 is 13.2 Å². The van der Waals surface area contributed by atoms with Crippen molar-refractivity contribution >= 4 is 21.7 Å². The molecule has 0 spiro atoms. The summed E-state index contributed by atoms with van der Waals surface area (Å²) in [6, 6.07) is 1.63. The highest BCUT2D eigenvalue weighted by molar-refractivity contribution is 7.92. The molecule has 6 nitrogen and oxygen atoms in total. The first-order valence-electron chi connectivity index (χ1n) is 10.8. The minimum Gasteiger partial charge on any atom is -0.307 e. The Labute approximate surface area is 179 Å². The van der Waals surface area contributed by atoms with Gasteiger partial charge >= 0.3 is 6.03 Å². The van der Waals surface area contributed by atoms with Gasteiger partial charge in [0, 0.05) is 17.1 Å². The molecule has 2 aliphatic carbocycles. The molecule has 0 saturated carbocycles. The maximum absolute atomic E-state index is 12.6. The SMILES string of the molecule is CC#CCN1CCC[C@@H]1/C=C/S(=O)(=O)NC(=O)Nc1c2c(cc3c1CCC3)CCC2. The number of fused-ring (bicyclic) bond motifs is 2. The van der Waals surface area contributed by atoms with Crippen LogP contribution in [0.5, 0.6) is 0 Å². The molecule has 1 aromatic carbocycles. The summed E-state index contributed by atoms with van der Waals surface area (Å²) in [6.45, 7) is 3.33. The Morgan fingerprint density at radius 1 is 1.17 bits per heavy atom. The van der Waals surface area contributed by atoms with Crippen LogP contribution in [0.2, 0.25) is 0 Å². The number of amides is 2. The Morgan fingerprint density at radius 3 is 2.53 bits per heavy atom. The molecule has 4 rings (SSSR count). The van der Waals surface area contributed by atoms with E-state index in [2.05, 4.69) is 32.8 Å². The fraction of sp³-hybridized carbons (Fsp3) is 0.522. The van der Waals surface area contributed by atoms with E-state index in [1.54, 1.807) is 13.0 Å². The lowest BCUT2D eigenvalue weighted by Gasteiger charge is -2.18. The van der Waals surface area contributed by atoms with E-state index in [0.717, 1.165) is 69.0 Å². The molecule has 1 aromatic rings. The van der Waals surface area contributed by atoms with Crippen LogP contribution in [-0.4, -0.2) is 38.5 Å². The molecule has 160 valence electrons. The standard InChI is InChI=1S/C23H29N3O3S/c1-2-3-13-26-14-6-9-19(26)12-15-30(28,29)25-23(27)24-22-20-10-4-7-17(20)16-18-8-5-11-21(18)22/h12,15-16,19H,4-11,13-14H2,1H3,(H2,24,25,27)/b15-12+/t19-/m1/s1. The normalized spacial score (nSPS) is 20.6. The number of nitrogens with one attached hydrogen (secondary N) is 2. The molecule has 1 fully saturated rings. The molecule has 0 bridgehead atoms. The second-order valence-corrected chi connectivity index (χ2v) is 9.84. The molecule has 30 heavy (non-hydrogen) atoms. The van der Waals surface area contributed by atoms with Gasteiger partial charge in [-0.1, -0.05) is 18.1 Å². The van der Waals surface area contributed by atoms with Gasteiger partial charge in [0.2, 0.25) is 0 Å². The predicted octanol–water partition coefficient (Wildman–Crippen LogP) is 3.12. The number of hydrogen-bond acceptors (Lipinski definition) is 4. The van der Waals surface area contributed by atoms with Gasteiger partial charge in [0.05, 0.1) is 6.54 Å². The Bertz CT molecular complexity index is 1000. The van der Waals surface area contributed by atoms with E-state index >= 15 is 0 Å². The van der Waals surface area contributed by atoms with Crippen LogP contribution in [0.25, 0.3) is 0 Å². The summed E-state index contributed by atoms with van der Waals surface area (Å²) >= 11 is 0. The van der Waals surface area contributed by atoms with Crippen molar-refractivity contribution in [3.63, 3.8) is 0 Å². The topological polar surface area (TPSA) is 78.5 Å². The number of nitrogens with zero attached hydrogens (tertiary/aromatic N) is 1. The minimum absolute atomic E-state index is 0.0335. The Morgan fingerprint density at radius 2 is 1.87 bits per heavy atom. The maximum atomic E-state index is 12.6. The fourth-order valence-electron chi connectivity index (χ4n) is 4.91. The smallest absolute Gasteiger partial charge is 0.307 e. The van der Waals surface area contributed by atoms with Gasteiger partial charge in [-0.05, 0) is 87.1 Å². The van der Waals surface area contributed by atoms with E-state index in [0.29, 0.717) is 6.54 Å². The number of likely N-dealkylation sites (tertiary alicyclic amines) is 1. The highest BCUT2D eigenvalue weighted by atomic mass is 32.2. The number of carbonyl (C=O) groups is 1. The number of anilines is 1. The number of urea groups is 1. The molecule has 3 aliphatic rings. The summed E-state index contributed by atoms with van der Waals surface area (Å²) in [4.78, 5) is 14.7. The van der Waals surface area contributed by atoms with Crippen molar-refractivity contribution in [1.82, 2.24) is 9.62 Å². The van der Waals surface area contributed by atoms with Crippen LogP contribution in [0.1, 0.15) is 54.9 Å². The molecule has 1 saturated heterocycles. The Kier molecular flexibility index (Phi) is 6.16. The van der Waals surface area contributed by atoms with E-state index in [-0.39, 0.29) is 6.04 Å². The average molecular weight is 428 g/mol. The summed E-state index contributed by atoms with van der Waals surface area (Å²) in [7, 11) is -3.87. The molecule has 2 N–H and O–H groups in total. The first kappa shape index (κ1) is 21.0. The van der Waals surface area contributed by atoms with Gasteiger partial charge in [0.25, 0.3) is 10.0 Å². The van der Waals surface area contributed by atoms with Gasteiger partial charge < -0.3 is 5.32 Å². The van der Waals surface area contributed by atoms with Gasteiger partial charge in [-0.15, -0.1) is 5.92 Å². The third kappa shape index (κ3) is 4.55. The van der Waals surface area contributed by atoms with Crippen LogP contribution >= 0.6 is 0 Å². The highest BCUT2D eigenvalue weighted by Crippen LogP contribution is 2.38. The van der Waals surface area contributed by atoms with Crippen LogP contribution in [0.3, 0.4) is 0 Å².